The summed E-state index contributed by atoms with van der Waals surface area (Å²) in [6, 6.07) is 3.71. The Balaban J connectivity index is 3.26. The molecule has 0 unspecified atom stereocenters. The van der Waals surface area contributed by atoms with Gasteiger partial charge in [0.2, 0.25) is 0 Å². The van der Waals surface area contributed by atoms with Crippen molar-refractivity contribution < 1.29 is 4.74 Å². The van der Waals surface area contributed by atoms with E-state index in [4.69, 9.17) is 15.3 Å². The summed E-state index contributed by atoms with van der Waals surface area (Å²) in [6.45, 7) is 0. The molecular weight excluding hydrogens is 142 g/mol. The van der Waals surface area contributed by atoms with Crippen LogP contribution in [0, 0.1) is 22.7 Å². The summed E-state index contributed by atoms with van der Waals surface area (Å²) in [5.41, 5.74) is 0.499. The van der Waals surface area contributed by atoms with E-state index in [-0.39, 0.29) is 11.3 Å². The fraction of sp³-hybridized carbons (Fsp3) is 0.143. The average molecular weight is 147 g/mol. The molecule has 0 aliphatic carbocycles. The highest BCUT2D eigenvalue weighted by molar-refractivity contribution is 5.51. The van der Waals surface area contributed by atoms with E-state index in [1.807, 2.05) is 12.1 Å². The molecule has 1 rings (SSSR count). The molecule has 1 heterocycles. The van der Waals surface area contributed by atoms with Gasteiger partial charge >= 0.3 is 0 Å². The van der Waals surface area contributed by atoms with Crippen LogP contribution in [-0.4, -0.2) is 12.1 Å². The molecule has 4 nitrogen and oxygen atoms in total. The van der Waals surface area contributed by atoms with E-state index in [0.29, 0.717) is 5.75 Å². The van der Waals surface area contributed by atoms with Gasteiger partial charge in [0.1, 0.15) is 23.4 Å². The van der Waals surface area contributed by atoms with Gasteiger partial charge in [0.25, 0.3) is 0 Å². The molecule has 54 valence electrons. The van der Waals surface area contributed by atoms with E-state index in [1.165, 1.54) is 13.3 Å². The van der Waals surface area contributed by atoms with Gasteiger partial charge in [0, 0.05) is 6.20 Å². The van der Waals surface area contributed by atoms with E-state index < -0.39 is 0 Å². The van der Waals surface area contributed by atoms with Crippen molar-refractivity contribution in [2.24, 2.45) is 0 Å². The molecule has 0 atom stereocenters. The molecule has 1 aromatic rings. The van der Waals surface area contributed by atoms with E-state index in [9.17, 15) is 0 Å². The van der Waals surface area contributed by atoms with Crippen LogP contribution in [0.25, 0.3) is 0 Å². The van der Waals surface area contributed by atoms with Crippen molar-refractivity contribution in [1.82, 2.24) is 4.98 Å². The molecule has 0 aliphatic heterocycles. The summed E-state index contributed by atoms with van der Waals surface area (Å²) in [5, 5.41) is 17.0. The van der Waals surface area contributed by atoms with Gasteiger partial charge in [0.05, 0.1) is 7.11 Å². The first-order valence-electron chi connectivity index (χ1n) is 2.89. The second-order valence-corrected chi connectivity index (χ2v) is 1.83. The molecule has 11 heavy (non-hydrogen) atoms. The summed E-state index contributed by atoms with van der Waals surface area (Å²) < 4.78 is 4.81. The summed E-state index contributed by atoms with van der Waals surface area (Å²) >= 11 is 0. The van der Waals surface area contributed by atoms with E-state index in [1.54, 1.807) is 0 Å². The zero-order chi connectivity index (χ0) is 8.27. The van der Waals surface area contributed by atoms with Gasteiger partial charge < -0.3 is 9.72 Å². The second-order valence-electron chi connectivity index (χ2n) is 1.83. The van der Waals surface area contributed by atoms with Crippen molar-refractivity contribution >= 4 is 0 Å². The maximum absolute atomic E-state index is 8.55. The van der Waals surface area contributed by atoms with Crippen LogP contribution in [0.15, 0.2) is 6.20 Å². The number of rotatable bonds is 1. The number of ether oxygens (including phenoxy) is 1. The molecule has 0 fully saturated rings. The molecular formula is C7H5N3O. The monoisotopic (exact) mass is 147 g/mol. The highest BCUT2D eigenvalue weighted by atomic mass is 16.5. The maximum Gasteiger partial charge on any atom is 0.155 e. The number of nitrogens with zero attached hydrogens (tertiary/aromatic N) is 2. The topological polar surface area (TPSA) is 72.6 Å². The first-order valence-corrected chi connectivity index (χ1v) is 2.89. The minimum absolute atomic E-state index is 0.240. The van der Waals surface area contributed by atoms with Gasteiger partial charge in [0.15, 0.2) is 5.75 Å². The largest absolute Gasteiger partial charge is 0.494 e. The van der Waals surface area contributed by atoms with Crippen LogP contribution in [0.1, 0.15) is 11.3 Å². The van der Waals surface area contributed by atoms with Crippen LogP contribution in [0.5, 0.6) is 5.75 Å². The van der Waals surface area contributed by atoms with Crippen molar-refractivity contribution in [1.29, 1.82) is 10.5 Å². The Morgan fingerprint density at radius 2 is 2.18 bits per heavy atom. The summed E-state index contributed by atoms with van der Waals surface area (Å²) in [5.74, 6) is 0.407. The average Bonchev–Trinajstić information content (AvgIpc) is 2.45. The van der Waals surface area contributed by atoms with Crippen LogP contribution in [0.2, 0.25) is 0 Å². The molecule has 0 spiro atoms. The summed E-state index contributed by atoms with van der Waals surface area (Å²) in [4.78, 5) is 2.62. The fourth-order valence-electron chi connectivity index (χ4n) is 0.765. The third kappa shape index (κ3) is 1.02. The number of aromatic nitrogens is 1. The van der Waals surface area contributed by atoms with Gasteiger partial charge in [-0.1, -0.05) is 0 Å². The molecule has 1 aromatic heterocycles. The van der Waals surface area contributed by atoms with Crippen LogP contribution in [-0.2, 0) is 0 Å². The number of hydrogen-bond donors (Lipinski definition) is 1. The predicted molar refractivity (Wildman–Crippen MR) is 36.8 cm³/mol. The smallest absolute Gasteiger partial charge is 0.155 e. The fourth-order valence-corrected chi connectivity index (χ4v) is 0.765. The Bertz CT molecular complexity index is 340. The molecule has 1 N–H and O–H groups in total. The van der Waals surface area contributed by atoms with Crippen LogP contribution >= 0.6 is 0 Å². The zero-order valence-corrected chi connectivity index (χ0v) is 5.88. The Labute approximate surface area is 63.6 Å². The van der Waals surface area contributed by atoms with Crippen molar-refractivity contribution in [3.63, 3.8) is 0 Å². The minimum Gasteiger partial charge on any atom is -0.494 e. The van der Waals surface area contributed by atoms with Crippen LogP contribution < -0.4 is 4.74 Å². The minimum atomic E-state index is 0.240. The lowest BCUT2D eigenvalue weighted by atomic mass is 10.2. The number of H-pyrrole nitrogens is 1. The number of methoxy groups -OCH3 is 1. The van der Waals surface area contributed by atoms with E-state index in [2.05, 4.69) is 4.98 Å². The Morgan fingerprint density at radius 1 is 1.45 bits per heavy atom. The number of nitriles is 2. The predicted octanol–water partition coefficient (Wildman–Crippen LogP) is 0.767. The molecule has 0 bridgehead atoms. The normalized spacial score (nSPS) is 8.27. The first kappa shape index (κ1) is 7.17. The Kier molecular flexibility index (Phi) is 1.80. The third-order valence-corrected chi connectivity index (χ3v) is 1.29. The number of hydrogen-bond acceptors (Lipinski definition) is 3. The van der Waals surface area contributed by atoms with E-state index in [0.717, 1.165) is 0 Å². The van der Waals surface area contributed by atoms with Gasteiger partial charge in [-0.2, -0.15) is 10.5 Å². The van der Waals surface area contributed by atoms with Crippen LogP contribution in [0.4, 0.5) is 0 Å². The standard InChI is InChI=1S/C7H5N3O/c1-11-7-4-10-6(3-9)5(7)2-8/h4,10H,1H3. The molecule has 4 heteroatoms. The van der Waals surface area contributed by atoms with E-state index >= 15 is 0 Å². The highest BCUT2D eigenvalue weighted by Gasteiger charge is 2.09. The quantitative estimate of drug-likeness (QED) is 0.637. The first-order chi connectivity index (χ1) is 5.33. The molecule has 0 aliphatic rings. The lowest BCUT2D eigenvalue weighted by molar-refractivity contribution is 0.414. The molecule has 0 saturated heterocycles. The molecule has 0 saturated carbocycles. The summed E-state index contributed by atoms with van der Waals surface area (Å²) in [6.07, 6.45) is 1.48. The lowest BCUT2D eigenvalue weighted by Gasteiger charge is -1.91. The lowest BCUT2D eigenvalue weighted by Crippen LogP contribution is -1.83. The number of nitrogens with one attached hydrogen (secondary N) is 1. The van der Waals surface area contributed by atoms with Crippen molar-refractivity contribution in [2.45, 2.75) is 0 Å². The van der Waals surface area contributed by atoms with Crippen molar-refractivity contribution in [2.75, 3.05) is 7.11 Å². The third-order valence-electron chi connectivity index (χ3n) is 1.29. The summed E-state index contributed by atoms with van der Waals surface area (Å²) in [7, 11) is 1.45. The van der Waals surface area contributed by atoms with Gasteiger partial charge in [-0.25, -0.2) is 0 Å². The molecule has 0 amide bonds. The second kappa shape index (κ2) is 2.76. The zero-order valence-electron chi connectivity index (χ0n) is 5.88. The van der Waals surface area contributed by atoms with Crippen molar-refractivity contribution in [3.05, 3.63) is 17.5 Å². The van der Waals surface area contributed by atoms with Crippen molar-refractivity contribution in [3.8, 4) is 17.9 Å². The van der Waals surface area contributed by atoms with Gasteiger partial charge in [-0.15, -0.1) is 0 Å². The highest BCUT2D eigenvalue weighted by Crippen LogP contribution is 2.19. The molecule has 0 aromatic carbocycles. The maximum atomic E-state index is 8.55. The SMILES string of the molecule is COc1c[nH]c(C#N)c1C#N. The molecule has 0 radical (unpaired) electrons. The van der Waals surface area contributed by atoms with Crippen LogP contribution in [0.3, 0.4) is 0 Å². The Morgan fingerprint density at radius 3 is 2.64 bits per heavy atom. The van der Waals surface area contributed by atoms with Gasteiger partial charge in [-0.05, 0) is 0 Å². The number of aromatic amines is 1. The van der Waals surface area contributed by atoms with Gasteiger partial charge in [-0.3, -0.25) is 0 Å². The Hall–Kier alpha value is -1.94.